The van der Waals surface area contributed by atoms with E-state index in [9.17, 15) is 4.39 Å². The zero-order valence-corrected chi connectivity index (χ0v) is 12.0. The number of halogens is 2. The van der Waals surface area contributed by atoms with Gasteiger partial charge in [-0.2, -0.15) is 0 Å². The second-order valence-electron chi connectivity index (χ2n) is 5.29. The molecule has 4 rings (SSSR count). The molecule has 1 aliphatic rings. The van der Waals surface area contributed by atoms with E-state index in [-0.39, 0.29) is 5.82 Å². The van der Waals surface area contributed by atoms with E-state index in [4.69, 9.17) is 11.6 Å². The maximum atomic E-state index is 13.3. The fraction of sp³-hybridized carbons (Fsp3) is 0.0526. The normalized spacial score (nSPS) is 12.1. The Hall–Kier alpha value is -2.12. The topological polar surface area (TPSA) is 0 Å². The molecule has 0 saturated heterocycles. The first kappa shape index (κ1) is 12.6. The molecule has 102 valence electrons. The maximum absolute atomic E-state index is 13.3. The summed E-state index contributed by atoms with van der Waals surface area (Å²) in [5.74, 6) is -0.306. The molecular weight excluding hydrogens is 283 g/mol. The monoisotopic (exact) mass is 294 g/mol. The van der Waals surface area contributed by atoms with Gasteiger partial charge >= 0.3 is 0 Å². The van der Waals surface area contributed by atoms with Crippen LogP contribution in [0.5, 0.6) is 0 Å². The average Bonchev–Trinajstić information content (AvgIpc) is 2.86. The van der Waals surface area contributed by atoms with E-state index in [2.05, 4.69) is 36.4 Å². The van der Waals surface area contributed by atoms with Crippen LogP contribution in [0, 0.1) is 5.82 Å². The van der Waals surface area contributed by atoms with Crippen LogP contribution < -0.4 is 0 Å². The predicted molar refractivity (Wildman–Crippen MR) is 85.1 cm³/mol. The molecule has 0 fully saturated rings. The van der Waals surface area contributed by atoms with Gasteiger partial charge < -0.3 is 0 Å². The molecule has 1 aliphatic carbocycles. The van der Waals surface area contributed by atoms with Gasteiger partial charge in [-0.25, -0.2) is 4.39 Å². The summed E-state index contributed by atoms with van der Waals surface area (Å²) in [5, 5.41) is 0.458. The molecule has 0 spiro atoms. The van der Waals surface area contributed by atoms with Crippen LogP contribution in [0.4, 0.5) is 4.39 Å². The molecule has 0 nitrogen and oxygen atoms in total. The molecule has 0 bridgehead atoms. The second kappa shape index (κ2) is 4.71. The van der Waals surface area contributed by atoms with Gasteiger partial charge in [-0.1, -0.05) is 54.1 Å². The van der Waals surface area contributed by atoms with E-state index >= 15 is 0 Å². The van der Waals surface area contributed by atoms with Gasteiger partial charge in [-0.05, 0) is 52.4 Å². The molecule has 0 aliphatic heterocycles. The lowest BCUT2D eigenvalue weighted by atomic mass is 9.96. The number of benzene rings is 3. The van der Waals surface area contributed by atoms with Crippen LogP contribution in [0.1, 0.15) is 11.1 Å². The summed E-state index contributed by atoms with van der Waals surface area (Å²) in [4.78, 5) is 0. The Morgan fingerprint density at radius 2 is 1.48 bits per heavy atom. The molecule has 0 aromatic heterocycles. The quantitative estimate of drug-likeness (QED) is 0.421. The van der Waals surface area contributed by atoms with Crippen molar-refractivity contribution in [3.8, 4) is 22.3 Å². The van der Waals surface area contributed by atoms with E-state index in [1.165, 1.54) is 34.4 Å². The third-order valence-corrected chi connectivity index (χ3v) is 4.38. The Labute approximate surface area is 127 Å². The summed E-state index contributed by atoms with van der Waals surface area (Å²) in [6.07, 6.45) is 0.898. The molecule has 3 aromatic rings. The van der Waals surface area contributed by atoms with Crippen molar-refractivity contribution in [1.29, 1.82) is 0 Å². The highest BCUT2D eigenvalue weighted by Crippen LogP contribution is 2.42. The van der Waals surface area contributed by atoms with E-state index in [0.717, 1.165) is 17.5 Å². The summed E-state index contributed by atoms with van der Waals surface area (Å²) in [6.45, 7) is 0. The van der Waals surface area contributed by atoms with Crippen molar-refractivity contribution in [2.75, 3.05) is 0 Å². The van der Waals surface area contributed by atoms with Gasteiger partial charge in [0.25, 0.3) is 0 Å². The van der Waals surface area contributed by atoms with Crippen LogP contribution in [-0.4, -0.2) is 0 Å². The number of rotatable bonds is 1. The first-order chi connectivity index (χ1) is 10.2. The Morgan fingerprint density at radius 3 is 2.29 bits per heavy atom. The minimum absolute atomic E-state index is 0.306. The minimum Gasteiger partial charge on any atom is -0.207 e. The molecule has 0 heterocycles. The van der Waals surface area contributed by atoms with Gasteiger partial charge in [0.2, 0.25) is 0 Å². The van der Waals surface area contributed by atoms with Crippen LogP contribution in [-0.2, 0) is 6.42 Å². The highest BCUT2D eigenvalue weighted by atomic mass is 35.5. The highest BCUT2D eigenvalue weighted by Gasteiger charge is 2.21. The van der Waals surface area contributed by atoms with E-state index in [1.807, 2.05) is 6.07 Å². The zero-order valence-electron chi connectivity index (χ0n) is 11.2. The van der Waals surface area contributed by atoms with Gasteiger partial charge in [0.1, 0.15) is 5.82 Å². The number of fused-ring (bicyclic) bond motifs is 3. The smallest absolute Gasteiger partial charge is 0.124 e. The van der Waals surface area contributed by atoms with E-state index < -0.39 is 0 Å². The molecule has 0 radical (unpaired) electrons. The van der Waals surface area contributed by atoms with Crippen molar-refractivity contribution in [2.45, 2.75) is 6.42 Å². The third kappa shape index (κ3) is 1.97. The van der Waals surface area contributed by atoms with Crippen LogP contribution in [0.15, 0.2) is 60.7 Å². The summed E-state index contributed by atoms with van der Waals surface area (Å²) >= 11 is 6.24. The van der Waals surface area contributed by atoms with Crippen LogP contribution >= 0.6 is 11.6 Å². The predicted octanol–water partition coefficient (Wildman–Crippen LogP) is 5.72. The summed E-state index contributed by atoms with van der Waals surface area (Å²) in [5.41, 5.74) is 7.12. The van der Waals surface area contributed by atoms with Crippen LogP contribution in [0.2, 0.25) is 5.02 Å². The van der Waals surface area contributed by atoms with Crippen LogP contribution in [0.25, 0.3) is 22.3 Å². The van der Waals surface area contributed by atoms with Crippen molar-refractivity contribution in [1.82, 2.24) is 0 Å². The standard InChI is InChI=1S/C19H12ClF/c20-19-11-13(21)8-9-17(19)16-7-3-6-15-14-5-2-1-4-12(14)10-18(15)16/h1-9,11H,10H2. The fourth-order valence-electron chi connectivity index (χ4n) is 3.12. The first-order valence-corrected chi connectivity index (χ1v) is 7.27. The second-order valence-corrected chi connectivity index (χ2v) is 5.70. The third-order valence-electron chi connectivity index (χ3n) is 4.07. The lowest BCUT2D eigenvalue weighted by Crippen LogP contribution is -1.89. The van der Waals surface area contributed by atoms with Crippen molar-refractivity contribution < 1.29 is 4.39 Å². The molecule has 0 N–H and O–H groups in total. The average molecular weight is 295 g/mol. The van der Waals surface area contributed by atoms with Crippen molar-refractivity contribution in [2.24, 2.45) is 0 Å². The van der Waals surface area contributed by atoms with Gasteiger partial charge in [0, 0.05) is 5.56 Å². The summed E-state index contributed by atoms with van der Waals surface area (Å²) < 4.78 is 13.3. The fourth-order valence-corrected chi connectivity index (χ4v) is 3.39. The van der Waals surface area contributed by atoms with Crippen molar-refractivity contribution >= 4 is 11.6 Å². The molecule has 0 atom stereocenters. The summed E-state index contributed by atoms with van der Waals surface area (Å²) in [7, 11) is 0. The maximum Gasteiger partial charge on any atom is 0.124 e. The van der Waals surface area contributed by atoms with Crippen molar-refractivity contribution in [3.63, 3.8) is 0 Å². The van der Waals surface area contributed by atoms with E-state index in [0.29, 0.717) is 5.02 Å². The molecular formula is C19H12ClF. The Kier molecular flexibility index (Phi) is 2.83. The molecule has 0 amide bonds. The Balaban J connectivity index is 1.94. The number of hydrogen-bond acceptors (Lipinski definition) is 0. The minimum atomic E-state index is -0.306. The molecule has 21 heavy (non-hydrogen) atoms. The molecule has 3 aromatic carbocycles. The SMILES string of the molecule is Fc1ccc(-c2cccc3c2Cc2ccccc2-3)c(Cl)c1. The van der Waals surface area contributed by atoms with Gasteiger partial charge in [-0.3, -0.25) is 0 Å². The van der Waals surface area contributed by atoms with Gasteiger partial charge in [0.15, 0.2) is 0 Å². The lowest BCUT2D eigenvalue weighted by Gasteiger charge is -2.10. The van der Waals surface area contributed by atoms with Gasteiger partial charge in [-0.15, -0.1) is 0 Å². The zero-order chi connectivity index (χ0) is 14.4. The first-order valence-electron chi connectivity index (χ1n) is 6.89. The highest BCUT2D eigenvalue weighted by molar-refractivity contribution is 6.33. The van der Waals surface area contributed by atoms with E-state index in [1.54, 1.807) is 6.07 Å². The van der Waals surface area contributed by atoms with Crippen molar-refractivity contribution in [3.05, 3.63) is 82.6 Å². The lowest BCUT2D eigenvalue weighted by molar-refractivity contribution is 0.628. The molecule has 0 saturated carbocycles. The largest absolute Gasteiger partial charge is 0.207 e. The summed E-state index contributed by atoms with van der Waals surface area (Å²) in [6, 6.07) is 19.3. The molecule has 0 unspecified atom stereocenters. The van der Waals surface area contributed by atoms with Gasteiger partial charge in [0.05, 0.1) is 5.02 Å². The van der Waals surface area contributed by atoms with Crippen LogP contribution in [0.3, 0.4) is 0 Å². The Morgan fingerprint density at radius 1 is 0.762 bits per heavy atom. The molecule has 2 heteroatoms. The number of hydrogen-bond donors (Lipinski definition) is 0. The Bertz CT molecular complexity index is 852.